The highest BCUT2D eigenvalue weighted by Crippen LogP contribution is 2.11. The Hall–Kier alpha value is -0.860. The van der Waals surface area contributed by atoms with Crippen molar-refractivity contribution < 1.29 is 9.47 Å². The average molecular weight is 419 g/mol. The summed E-state index contributed by atoms with van der Waals surface area (Å²) >= 11 is 0. The van der Waals surface area contributed by atoms with E-state index in [1.54, 1.807) is 7.05 Å². The first-order chi connectivity index (χ1) is 10.4. The van der Waals surface area contributed by atoms with Crippen LogP contribution in [0.4, 0.5) is 0 Å². The van der Waals surface area contributed by atoms with Crippen LogP contribution in [0.5, 0.6) is 0 Å². The Balaban J connectivity index is 0.00000242. The van der Waals surface area contributed by atoms with E-state index in [0.717, 1.165) is 38.5 Å². The van der Waals surface area contributed by atoms with Gasteiger partial charge in [-0.2, -0.15) is 0 Å². The third kappa shape index (κ3) is 7.42. The molecule has 0 aliphatic carbocycles. The molecule has 1 unspecified atom stereocenters. The van der Waals surface area contributed by atoms with Gasteiger partial charge in [-0.05, 0) is 18.4 Å². The van der Waals surface area contributed by atoms with Gasteiger partial charge in [0.1, 0.15) is 0 Å². The maximum atomic E-state index is 5.60. The van der Waals surface area contributed by atoms with Crippen molar-refractivity contribution in [1.82, 2.24) is 10.6 Å². The summed E-state index contributed by atoms with van der Waals surface area (Å²) in [5, 5.41) is 6.51. The van der Waals surface area contributed by atoms with Crippen molar-refractivity contribution in [3.63, 3.8) is 0 Å². The lowest BCUT2D eigenvalue weighted by Gasteiger charge is -2.13. The summed E-state index contributed by atoms with van der Waals surface area (Å²) in [5.74, 6) is 0.791. The minimum atomic E-state index is 0. The number of hydrogen-bond acceptors (Lipinski definition) is 3. The second-order valence-corrected chi connectivity index (χ2v) is 5.05. The van der Waals surface area contributed by atoms with Gasteiger partial charge in [-0.3, -0.25) is 4.99 Å². The molecule has 1 saturated heterocycles. The molecule has 0 saturated carbocycles. The number of aliphatic imine (C=N–C) groups is 1. The zero-order chi connectivity index (χ0) is 14.8. The molecule has 2 N–H and O–H groups in total. The van der Waals surface area contributed by atoms with Gasteiger partial charge in [-0.25, -0.2) is 0 Å². The molecule has 1 aromatic carbocycles. The molecule has 22 heavy (non-hydrogen) atoms. The third-order valence-corrected chi connectivity index (χ3v) is 3.39. The van der Waals surface area contributed by atoms with Crippen LogP contribution in [0.2, 0.25) is 0 Å². The third-order valence-electron chi connectivity index (χ3n) is 3.39. The topological polar surface area (TPSA) is 54.9 Å². The highest BCUT2D eigenvalue weighted by atomic mass is 127. The molecule has 1 fully saturated rings. The molecular formula is C16H26IN3O2. The van der Waals surface area contributed by atoms with Crippen LogP contribution in [-0.4, -0.2) is 45.5 Å². The molecule has 0 radical (unpaired) electrons. The maximum absolute atomic E-state index is 5.60. The minimum Gasteiger partial charge on any atom is -0.377 e. The number of nitrogens with zero attached hydrogens (tertiary/aromatic N) is 1. The van der Waals surface area contributed by atoms with Crippen molar-refractivity contribution in [2.24, 2.45) is 4.99 Å². The van der Waals surface area contributed by atoms with E-state index in [-0.39, 0.29) is 24.0 Å². The Morgan fingerprint density at radius 2 is 2.14 bits per heavy atom. The summed E-state index contributed by atoms with van der Waals surface area (Å²) in [5.41, 5.74) is 1.23. The van der Waals surface area contributed by atoms with E-state index >= 15 is 0 Å². The number of benzene rings is 1. The first kappa shape index (κ1) is 19.2. The van der Waals surface area contributed by atoms with Crippen LogP contribution in [0.15, 0.2) is 35.3 Å². The van der Waals surface area contributed by atoms with Gasteiger partial charge in [0, 0.05) is 26.7 Å². The number of guanidine groups is 1. The van der Waals surface area contributed by atoms with E-state index in [0.29, 0.717) is 19.3 Å². The Labute approximate surface area is 149 Å². The molecule has 2 rings (SSSR count). The van der Waals surface area contributed by atoms with E-state index in [1.807, 2.05) is 18.2 Å². The van der Waals surface area contributed by atoms with Crippen molar-refractivity contribution in [3.05, 3.63) is 35.9 Å². The number of nitrogens with one attached hydrogen (secondary N) is 2. The first-order valence-electron chi connectivity index (χ1n) is 7.56. The normalized spacial score (nSPS) is 17.9. The Morgan fingerprint density at radius 1 is 1.32 bits per heavy atom. The largest absolute Gasteiger partial charge is 0.377 e. The Morgan fingerprint density at radius 3 is 2.82 bits per heavy atom. The molecule has 1 aromatic rings. The molecule has 0 aromatic heterocycles. The summed E-state index contributed by atoms with van der Waals surface area (Å²) in [6.07, 6.45) is 2.57. The predicted molar refractivity (Wildman–Crippen MR) is 99.9 cm³/mol. The molecular weight excluding hydrogens is 393 g/mol. The molecule has 124 valence electrons. The molecule has 0 amide bonds. The Kier molecular flexibility index (Phi) is 10.2. The van der Waals surface area contributed by atoms with Crippen LogP contribution >= 0.6 is 24.0 Å². The second kappa shape index (κ2) is 11.7. The molecule has 1 aliphatic rings. The summed E-state index contributed by atoms with van der Waals surface area (Å²) in [4.78, 5) is 4.19. The molecule has 1 aliphatic heterocycles. The van der Waals surface area contributed by atoms with Gasteiger partial charge in [0.25, 0.3) is 0 Å². The number of ether oxygens (including phenoxy) is 2. The van der Waals surface area contributed by atoms with Gasteiger partial charge < -0.3 is 20.1 Å². The summed E-state index contributed by atoms with van der Waals surface area (Å²) < 4.78 is 11.1. The van der Waals surface area contributed by atoms with E-state index in [9.17, 15) is 0 Å². The molecule has 1 atom stereocenters. The summed E-state index contributed by atoms with van der Waals surface area (Å²) in [7, 11) is 1.77. The first-order valence-corrected chi connectivity index (χ1v) is 7.56. The minimum absolute atomic E-state index is 0. The van der Waals surface area contributed by atoms with Crippen LogP contribution in [0.3, 0.4) is 0 Å². The number of hydrogen-bond donors (Lipinski definition) is 2. The van der Waals surface area contributed by atoms with Crippen LogP contribution in [0, 0.1) is 0 Å². The monoisotopic (exact) mass is 419 g/mol. The van der Waals surface area contributed by atoms with Gasteiger partial charge in [0.15, 0.2) is 5.96 Å². The smallest absolute Gasteiger partial charge is 0.191 e. The highest BCUT2D eigenvalue weighted by Gasteiger charge is 2.14. The van der Waals surface area contributed by atoms with Crippen molar-refractivity contribution >= 4 is 29.9 Å². The van der Waals surface area contributed by atoms with Crippen molar-refractivity contribution in [2.75, 3.05) is 33.4 Å². The summed E-state index contributed by atoms with van der Waals surface area (Å²) in [6, 6.07) is 10.3. The van der Waals surface area contributed by atoms with Crippen LogP contribution < -0.4 is 10.6 Å². The van der Waals surface area contributed by atoms with Crippen LogP contribution in [-0.2, 0) is 16.0 Å². The van der Waals surface area contributed by atoms with Gasteiger partial charge >= 0.3 is 0 Å². The zero-order valence-corrected chi connectivity index (χ0v) is 15.4. The SMILES string of the molecule is CN=C(NCCOCC1CCCO1)NCc1ccccc1.I. The predicted octanol–water partition coefficient (Wildman–Crippen LogP) is 2.17. The van der Waals surface area contributed by atoms with Gasteiger partial charge in [0.2, 0.25) is 0 Å². The van der Waals surface area contributed by atoms with Gasteiger partial charge in [-0.15, -0.1) is 24.0 Å². The molecule has 0 spiro atoms. The highest BCUT2D eigenvalue weighted by molar-refractivity contribution is 14.0. The van der Waals surface area contributed by atoms with E-state index in [2.05, 4.69) is 27.8 Å². The fraction of sp³-hybridized carbons (Fsp3) is 0.562. The fourth-order valence-electron chi connectivity index (χ4n) is 2.23. The number of rotatable bonds is 7. The number of halogens is 1. The van der Waals surface area contributed by atoms with Crippen LogP contribution in [0.25, 0.3) is 0 Å². The van der Waals surface area contributed by atoms with E-state index in [1.165, 1.54) is 5.56 Å². The lowest BCUT2D eigenvalue weighted by Crippen LogP contribution is -2.38. The molecule has 5 nitrogen and oxygen atoms in total. The average Bonchev–Trinajstić information content (AvgIpc) is 3.04. The Bertz CT molecular complexity index is 423. The fourth-order valence-corrected chi connectivity index (χ4v) is 2.23. The molecule has 0 bridgehead atoms. The zero-order valence-electron chi connectivity index (χ0n) is 13.1. The maximum Gasteiger partial charge on any atom is 0.191 e. The van der Waals surface area contributed by atoms with Crippen molar-refractivity contribution in [3.8, 4) is 0 Å². The van der Waals surface area contributed by atoms with E-state index in [4.69, 9.17) is 9.47 Å². The standard InChI is InChI=1S/C16H25N3O2.HI/c1-17-16(19-12-14-6-3-2-4-7-14)18-9-11-20-13-15-8-5-10-21-15;/h2-4,6-7,15H,5,8-13H2,1H3,(H2,17,18,19);1H. The quantitative estimate of drug-likeness (QED) is 0.308. The molecule has 6 heteroatoms. The summed E-state index contributed by atoms with van der Waals surface area (Å²) in [6.45, 7) is 3.73. The van der Waals surface area contributed by atoms with Gasteiger partial charge in [-0.1, -0.05) is 30.3 Å². The van der Waals surface area contributed by atoms with Crippen molar-refractivity contribution in [2.45, 2.75) is 25.5 Å². The van der Waals surface area contributed by atoms with E-state index < -0.39 is 0 Å². The molecule has 1 heterocycles. The second-order valence-electron chi connectivity index (χ2n) is 5.05. The van der Waals surface area contributed by atoms with Crippen LogP contribution in [0.1, 0.15) is 18.4 Å². The lowest BCUT2D eigenvalue weighted by atomic mass is 10.2. The van der Waals surface area contributed by atoms with Gasteiger partial charge in [0.05, 0.1) is 19.3 Å². The van der Waals surface area contributed by atoms with Crippen molar-refractivity contribution in [1.29, 1.82) is 0 Å². The lowest BCUT2D eigenvalue weighted by molar-refractivity contribution is 0.0191.